The Balaban J connectivity index is 1.70. The number of amides is 1. The van der Waals surface area contributed by atoms with Crippen LogP contribution in [0.3, 0.4) is 0 Å². The molecule has 3 rings (SSSR count). The van der Waals surface area contributed by atoms with Crippen LogP contribution in [0, 0.1) is 13.8 Å². The molecule has 0 aliphatic rings. The van der Waals surface area contributed by atoms with E-state index in [4.69, 9.17) is 13.9 Å². The minimum absolute atomic E-state index is 0.0280. The van der Waals surface area contributed by atoms with E-state index in [-0.39, 0.29) is 12.5 Å². The first-order chi connectivity index (χ1) is 13.5. The van der Waals surface area contributed by atoms with Gasteiger partial charge in [-0.1, -0.05) is 18.2 Å². The van der Waals surface area contributed by atoms with Crippen molar-refractivity contribution < 1.29 is 18.7 Å². The van der Waals surface area contributed by atoms with E-state index in [1.165, 1.54) is 0 Å². The molecule has 0 atom stereocenters. The van der Waals surface area contributed by atoms with E-state index in [0.717, 1.165) is 28.2 Å². The molecule has 2 aromatic carbocycles. The smallest absolute Gasteiger partial charge is 0.261 e. The first-order valence-electron chi connectivity index (χ1n) is 9.17. The van der Waals surface area contributed by atoms with Gasteiger partial charge >= 0.3 is 0 Å². The Labute approximate surface area is 165 Å². The van der Waals surface area contributed by atoms with Crippen molar-refractivity contribution in [2.24, 2.45) is 0 Å². The monoisotopic (exact) mass is 379 g/mol. The van der Waals surface area contributed by atoms with Crippen LogP contribution in [0.15, 0.2) is 65.3 Å². The van der Waals surface area contributed by atoms with Crippen LogP contribution in [0.2, 0.25) is 0 Å². The van der Waals surface area contributed by atoms with Gasteiger partial charge in [0.25, 0.3) is 5.91 Å². The second-order valence-electron chi connectivity index (χ2n) is 6.79. The molecule has 0 fully saturated rings. The van der Waals surface area contributed by atoms with Crippen molar-refractivity contribution in [1.82, 2.24) is 4.90 Å². The van der Waals surface area contributed by atoms with Crippen molar-refractivity contribution in [3.05, 3.63) is 83.3 Å². The van der Waals surface area contributed by atoms with E-state index in [9.17, 15) is 4.79 Å². The molecule has 0 aliphatic heterocycles. The van der Waals surface area contributed by atoms with Crippen LogP contribution >= 0.6 is 0 Å². The van der Waals surface area contributed by atoms with E-state index in [1.54, 1.807) is 18.3 Å². The quantitative estimate of drug-likeness (QED) is 0.578. The number of hydrogen-bond donors (Lipinski definition) is 0. The van der Waals surface area contributed by atoms with E-state index < -0.39 is 0 Å². The maximum absolute atomic E-state index is 12.9. The number of carbonyl (C=O) groups excluding carboxylic acids is 1. The lowest BCUT2D eigenvalue weighted by Crippen LogP contribution is -2.34. The van der Waals surface area contributed by atoms with Crippen LogP contribution in [0.5, 0.6) is 11.5 Å². The van der Waals surface area contributed by atoms with Crippen molar-refractivity contribution in [2.45, 2.75) is 26.9 Å². The fraction of sp³-hybridized carbons (Fsp3) is 0.261. The third-order valence-electron chi connectivity index (χ3n) is 4.37. The molecule has 5 heteroatoms. The zero-order valence-electron chi connectivity index (χ0n) is 16.5. The lowest BCUT2D eigenvalue weighted by molar-refractivity contribution is -0.134. The van der Waals surface area contributed by atoms with E-state index >= 15 is 0 Å². The van der Waals surface area contributed by atoms with Crippen molar-refractivity contribution in [1.29, 1.82) is 0 Å². The number of ether oxygens (including phenoxy) is 2. The van der Waals surface area contributed by atoms with Gasteiger partial charge in [-0.3, -0.25) is 4.79 Å². The summed E-state index contributed by atoms with van der Waals surface area (Å²) >= 11 is 0. The van der Waals surface area contributed by atoms with Crippen LogP contribution in [-0.4, -0.2) is 24.5 Å². The summed E-state index contributed by atoms with van der Waals surface area (Å²) in [5.74, 6) is 2.11. The predicted octanol–water partition coefficient (Wildman–Crippen LogP) is 4.51. The Hall–Kier alpha value is -3.21. The normalized spacial score (nSPS) is 10.5. The Morgan fingerprint density at radius 1 is 0.964 bits per heavy atom. The van der Waals surface area contributed by atoms with Crippen molar-refractivity contribution in [2.75, 3.05) is 13.7 Å². The zero-order chi connectivity index (χ0) is 19.9. The standard InChI is InChI=1S/C23H25NO4/c1-17-11-18(2)13-22(12-17)28-16-23(25)24(15-21-5-4-10-27-21)14-19-6-8-20(26-3)9-7-19/h4-13H,14-16H2,1-3H3. The number of aryl methyl sites for hydroxylation is 2. The summed E-state index contributed by atoms with van der Waals surface area (Å²) < 4.78 is 16.4. The largest absolute Gasteiger partial charge is 0.497 e. The van der Waals surface area contributed by atoms with Crippen LogP contribution in [0.1, 0.15) is 22.5 Å². The molecule has 28 heavy (non-hydrogen) atoms. The molecule has 0 spiro atoms. The molecule has 0 radical (unpaired) electrons. The first-order valence-corrected chi connectivity index (χ1v) is 9.17. The number of rotatable bonds is 8. The summed E-state index contributed by atoms with van der Waals surface area (Å²) in [6.07, 6.45) is 1.61. The van der Waals surface area contributed by atoms with Gasteiger partial charge in [0.1, 0.15) is 17.3 Å². The third-order valence-corrected chi connectivity index (χ3v) is 4.37. The summed E-state index contributed by atoms with van der Waals surface area (Å²) in [5.41, 5.74) is 3.22. The molecule has 1 amide bonds. The summed E-state index contributed by atoms with van der Waals surface area (Å²) in [7, 11) is 1.63. The minimum Gasteiger partial charge on any atom is -0.497 e. The topological polar surface area (TPSA) is 51.9 Å². The maximum Gasteiger partial charge on any atom is 0.261 e. The molecule has 0 unspecified atom stereocenters. The van der Waals surface area contributed by atoms with Gasteiger partial charge in [0.05, 0.1) is 19.9 Å². The maximum atomic E-state index is 12.9. The summed E-state index contributed by atoms with van der Waals surface area (Å²) in [6, 6.07) is 17.3. The number of carbonyl (C=O) groups is 1. The third kappa shape index (κ3) is 5.39. The SMILES string of the molecule is COc1ccc(CN(Cc2ccco2)C(=O)COc2cc(C)cc(C)c2)cc1. The van der Waals surface area contributed by atoms with Crippen molar-refractivity contribution in [3.63, 3.8) is 0 Å². The van der Waals surface area contributed by atoms with Crippen LogP contribution < -0.4 is 9.47 Å². The van der Waals surface area contributed by atoms with Gasteiger partial charge in [0.2, 0.25) is 0 Å². The summed E-state index contributed by atoms with van der Waals surface area (Å²) in [6.45, 7) is 4.83. The van der Waals surface area contributed by atoms with Crippen LogP contribution in [0.25, 0.3) is 0 Å². The van der Waals surface area contributed by atoms with Gasteiger partial charge in [0.15, 0.2) is 6.61 Å². The van der Waals surface area contributed by atoms with Crippen LogP contribution in [-0.2, 0) is 17.9 Å². The van der Waals surface area contributed by atoms with Crippen LogP contribution in [0.4, 0.5) is 0 Å². The molecule has 1 heterocycles. The van der Waals surface area contributed by atoms with Crippen molar-refractivity contribution >= 4 is 5.91 Å². The molecular formula is C23H25NO4. The lowest BCUT2D eigenvalue weighted by atomic mass is 10.1. The average molecular weight is 379 g/mol. The molecular weight excluding hydrogens is 354 g/mol. The fourth-order valence-corrected chi connectivity index (χ4v) is 3.03. The van der Waals surface area contributed by atoms with Gasteiger partial charge in [-0.25, -0.2) is 0 Å². The van der Waals surface area contributed by atoms with Gasteiger partial charge in [0, 0.05) is 6.54 Å². The zero-order valence-corrected chi connectivity index (χ0v) is 16.5. The summed E-state index contributed by atoms with van der Waals surface area (Å²) in [5, 5.41) is 0. The molecule has 1 aromatic heterocycles. The second kappa shape index (κ2) is 9.13. The number of furan rings is 1. The molecule has 0 aliphatic carbocycles. The Morgan fingerprint density at radius 3 is 2.29 bits per heavy atom. The van der Waals surface area contributed by atoms with E-state index in [0.29, 0.717) is 18.8 Å². The van der Waals surface area contributed by atoms with Gasteiger partial charge in [-0.05, 0) is 66.9 Å². The van der Waals surface area contributed by atoms with Gasteiger partial charge in [-0.2, -0.15) is 0 Å². The number of benzene rings is 2. The predicted molar refractivity (Wildman–Crippen MR) is 107 cm³/mol. The average Bonchev–Trinajstić information content (AvgIpc) is 3.18. The highest BCUT2D eigenvalue weighted by Gasteiger charge is 2.17. The number of hydrogen-bond acceptors (Lipinski definition) is 4. The molecule has 0 saturated heterocycles. The molecule has 3 aromatic rings. The fourth-order valence-electron chi connectivity index (χ4n) is 3.03. The highest BCUT2D eigenvalue weighted by Crippen LogP contribution is 2.18. The second-order valence-corrected chi connectivity index (χ2v) is 6.79. The lowest BCUT2D eigenvalue weighted by Gasteiger charge is -2.22. The van der Waals surface area contributed by atoms with Gasteiger partial charge < -0.3 is 18.8 Å². The molecule has 0 saturated carbocycles. The Morgan fingerprint density at radius 2 is 1.68 bits per heavy atom. The molecule has 0 bridgehead atoms. The first kappa shape index (κ1) is 19.5. The molecule has 5 nitrogen and oxygen atoms in total. The number of methoxy groups -OCH3 is 1. The van der Waals surface area contributed by atoms with E-state index in [2.05, 4.69) is 6.07 Å². The highest BCUT2D eigenvalue weighted by molar-refractivity contribution is 5.77. The molecule has 0 N–H and O–H groups in total. The Bertz CT molecular complexity index is 881. The van der Waals surface area contributed by atoms with Crippen molar-refractivity contribution in [3.8, 4) is 11.5 Å². The minimum atomic E-state index is -0.105. The van der Waals surface area contributed by atoms with Gasteiger partial charge in [-0.15, -0.1) is 0 Å². The number of nitrogens with zero attached hydrogens (tertiary/aromatic N) is 1. The highest BCUT2D eigenvalue weighted by atomic mass is 16.5. The Kier molecular flexibility index (Phi) is 6.37. The van der Waals surface area contributed by atoms with E-state index in [1.807, 2.05) is 62.4 Å². The molecule has 146 valence electrons. The summed E-state index contributed by atoms with van der Waals surface area (Å²) in [4.78, 5) is 14.6.